The van der Waals surface area contributed by atoms with Crippen molar-refractivity contribution < 1.29 is 27.9 Å². The summed E-state index contributed by atoms with van der Waals surface area (Å²) in [5, 5.41) is 18.2. The number of nitrogens with zero attached hydrogens (tertiary/aromatic N) is 1. The number of carbonyl (C=O) groups excluding carboxylic acids is 2. The predicted molar refractivity (Wildman–Crippen MR) is 125 cm³/mol. The number of aromatic hydroxyl groups is 1. The van der Waals surface area contributed by atoms with E-state index in [0.29, 0.717) is 24.6 Å². The highest BCUT2D eigenvalue weighted by molar-refractivity contribution is 7.89. The van der Waals surface area contributed by atoms with Crippen molar-refractivity contribution >= 4 is 27.5 Å². The first-order valence-electron chi connectivity index (χ1n) is 10.3. The third kappa shape index (κ3) is 7.36. The van der Waals surface area contributed by atoms with Crippen molar-refractivity contribution in [2.75, 3.05) is 39.1 Å². The number of sulfonamides is 1. The van der Waals surface area contributed by atoms with Gasteiger partial charge in [-0.05, 0) is 42.8 Å². The topological polar surface area (TPSA) is 137 Å². The first-order chi connectivity index (χ1) is 15.5. The van der Waals surface area contributed by atoms with Gasteiger partial charge in [0.15, 0.2) is 11.5 Å². The third-order valence-electron chi connectivity index (χ3n) is 4.55. The second kappa shape index (κ2) is 11.5. The molecule has 180 valence electrons. The lowest BCUT2D eigenvalue weighted by atomic mass is 10.1. The zero-order valence-electron chi connectivity index (χ0n) is 19.1. The van der Waals surface area contributed by atoms with Crippen LogP contribution in [-0.2, 0) is 21.4 Å². The second-order valence-electron chi connectivity index (χ2n) is 7.36. The number of nitrogens with one attached hydrogen (secondary N) is 3. The van der Waals surface area contributed by atoms with Crippen molar-refractivity contribution in [1.82, 2.24) is 14.9 Å². The Labute approximate surface area is 194 Å². The molecule has 0 fully saturated rings. The van der Waals surface area contributed by atoms with Gasteiger partial charge in [0.05, 0.1) is 11.5 Å². The zero-order valence-corrected chi connectivity index (χ0v) is 20.0. The third-order valence-corrected chi connectivity index (χ3v) is 6.35. The molecule has 0 bridgehead atoms. The molecule has 2 aromatic carbocycles. The molecule has 11 heteroatoms. The minimum Gasteiger partial charge on any atom is -0.504 e. The maximum absolute atomic E-state index is 12.7. The minimum atomic E-state index is -3.79. The van der Waals surface area contributed by atoms with Crippen LogP contribution in [0.4, 0.5) is 5.69 Å². The lowest BCUT2D eigenvalue weighted by Crippen LogP contribution is -2.33. The Bertz CT molecular complexity index is 1100. The molecule has 0 aliphatic carbocycles. The molecule has 0 spiro atoms. The summed E-state index contributed by atoms with van der Waals surface area (Å²) in [5.74, 6) is -0.308. The van der Waals surface area contributed by atoms with E-state index in [0.717, 1.165) is 9.87 Å². The van der Waals surface area contributed by atoms with Gasteiger partial charge in [0, 0.05) is 51.9 Å². The van der Waals surface area contributed by atoms with E-state index in [1.54, 1.807) is 18.2 Å². The molecule has 0 unspecified atom stereocenters. The van der Waals surface area contributed by atoms with Crippen molar-refractivity contribution in [1.29, 1.82) is 0 Å². The van der Waals surface area contributed by atoms with E-state index in [1.165, 1.54) is 39.2 Å². The summed E-state index contributed by atoms with van der Waals surface area (Å²) in [4.78, 5) is 23.5. The van der Waals surface area contributed by atoms with Crippen LogP contribution in [0.15, 0.2) is 41.3 Å². The minimum absolute atomic E-state index is 0.0258. The molecule has 0 atom stereocenters. The number of benzene rings is 2. The SMILES string of the molecule is CCOc1cc(CNc2cc(C(=O)NCCNC(C)=O)cc(S(=O)(=O)N(C)C)c2)ccc1O. The Morgan fingerprint density at radius 3 is 2.39 bits per heavy atom. The van der Waals surface area contributed by atoms with E-state index in [9.17, 15) is 23.1 Å². The molecule has 0 aromatic heterocycles. The number of amides is 2. The average molecular weight is 479 g/mol. The molecule has 4 N–H and O–H groups in total. The van der Waals surface area contributed by atoms with Crippen LogP contribution in [0.25, 0.3) is 0 Å². The van der Waals surface area contributed by atoms with Crippen LogP contribution in [0.2, 0.25) is 0 Å². The van der Waals surface area contributed by atoms with Crippen molar-refractivity contribution in [2.24, 2.45) is 0 Å². The lowest BCUT2D eigenvalue weighted by Gasteiger charge is -2.16. The molecule has 2 aromatic rings. The molecule has 2 rings (SSSR count). The monoisotopic (exact) mass is 478 g/mol. The lowest BCUT2D eigenvalue weighted by molar-refractivity contribution is -0.118. The molecule has 0 heterocycles. The zero-order chi connectivity index (χ0) is 24.6. The van der Waals surface area contributed by atoms with E-state index >= 15 is 0 Å². The number of phenolic OH excluding ortho intramolecular Hbond substituents is 1. The highest BCUT2D eigenvalue weighted by Crippen LogP contribution is 2.28. The predicted octanol–water partition coefficient (Wildman–Crippen LogP) is 1.52. The second-order valence-corrected chi connectivity index (χ2v) is 9.51. The summed E-state index contributed by atoms with van der Waals surface area (Å²) in [6.07, 6.45) is 0. The Balaban J connectivity index is 2.27. The summed E-state index contributed by atoms with van der Waals surface area (Å²) in [6.45, 7) is 4.33. The number of hydrogen-bond donors (Lipinski definition) is 4. The molecule has 0 saturated heterocycles. The highest BCUT2D eigenvalue weighted by atomic mass is 32.2. The maximum Gasteiger partial charge on any atom is 0.251 e. The quantitative estimate of drug-likeness (QED) is 0.359. The molecule has 33 heavy (non-hydrogen) atoms. The molecule has 0 aliphatic heterocycles. The summed E-state index contributed by atoms with van der Waals surface area (Å²) < 4.78 is 31.9. The molecule has 0 saturated carbocycles. The fourth-order valence-electron chi connectivity index (χ4n) is 2.85. The van der Waals surface area contributed by atoms with Crippen LogP contribution in [0, 0.1) is 0 Å². The van der Waals surface area contributed by atoms with Crippen LogP contribution in [0.3, 0.4) is 0 Å². The Kier molecular flexibility index (Phi) is 9.06. The highest BCUT2D eigenvalue weighted by Gasteiger charge is 2.20. The number of anilines is 1. The van der Waals surface area contributed by atoms with Gasteiger partial charge in [0.25, 0.3) is 5.91 Å². The normalized spacial score (nSPS) is 11.2. The van der Waals surface area contributed by atoms with Crippen molar-refractivity contribution in [2.45, 2.75) is 25.3 Å². The first kappa shape index (κ1) is 25.9. The summed E-state index contributed by atoms with van der Waals surface area (Å²) in [7, 11) is -0.969. The maximum atomic E-state index is 12.7. The summed E-state index contributed by atoms with van der Waals surface area (Å²) in [5.41, 5.74) is 1.37. The van der Waals surface area contributed by atoms with Gasteiger partial charge in [-0.1, -0.05) is 6.07 Å². The van der Waals surface area contributed by atoms with Gasteiger partial charge >= 0.3 is 0 Å². The standard InChI is InChI=1S/C22H30N4O6S/c1-5-32-21-10-16(6-7-20(21)28)14-25-18-11-17(22(29)24-9-8-23-15(2)27)12-19(13-18)33(30,31)26(3)4/h6-7,10-13,25,28H,5,8-9,14H2,1-4H3,(H,23,27)(H,24,29). The van der Waals surface area contributed by atoms with Crippen molar-refractivity contribution in [3.8, 4) is 11.5 Å². The number of hydrogen-bond acceptors (Lipinski definition) is 7. The number of ether oxygens (including phenoxy) is 1. The van der Waals surface area contributed by atoms with Crippen LogP contribution in [0.5, 0.6) is 11.5 Å². The summed E-state index contributed by atoms with van der Waals surface area (Å²) in [6, 6.07) is 9.22. The largest absolute Gasteiger partial charge is 0.504 e. The van der Waals surface area contributed by atoms with Crippen molar-refractivity contribution in [3.63, 3.8) is 0 Å². The van der Waals surface area contributed by atoms with E-state index < -0.39 is 15.9 Å². The van der Waals surface area contributed by atoms with E-state index in [4.69, 9.17) is 4.74 Å². The molecule has 0 aliphatic rings. The molecule has 2 amide bonds. The Hall–Kier alpha value is -3.31. The van der Waals surface area contributed by atoms with Crippen LogP contribution in [-0.4, -0.2) is 63.4 Å². The fraction of sp³-hybridized carbons (Fsp3) is 0.364. The van der Waals surface area contributed by atoms with Gasteiger partial charge in [-0.25, -0.2) is 12.7 Å². The van der Waals surface area contributed by atoms with E-state index in [1.807, 2.05) is 6.92 Å². The van der Waals surface area contributed by atoms with E-state index in [-0.39, 0.29) is 35.2 Å². The van der Waals surface area contributed by atoms with Crippen LogP contribution < -0.4 is 20.7 Å². The average Bonchev–Trinajstić information content (AvgIpc) is 2.76. The Morgan fingerprint density at radius 2 is 1.76 bits per heavy atom. The number of rotatable bonds is 11. The first-order valence-corrected chi connectivity index (χ1v) is 11.8. The van der Waals surface area contributed by atoms with Crippen LogP contribution >= 0.6 is 0 Å². The fourth-order valence-corrected chi connectivity index (χ4v) is 3.83. The molecule has 10 nitrogen and oxygen atoms in total. The number of carbonyl (C=O) groups is 2. The van der Waals surface area contributed by atoms with Crippen molar-refractivity contribution in [3.05, 3.63) is 47.5 Å². The van der Waals surface area contributed by atoms with E-state index in [2.05, 4.69) is 16.0 Å². The molecule has 0 radical (unpaired) electrons. The van der Waals surface area contributed by atoms with Crippen LogP contribution in [0.1, 0.15) is 29.8 Å². The van der Waals surface area contributed by atoms with Gasteiger partial charge in [0.1, 0.15) is 0 Å². The van der Waals surface area contributed by atoms with Gasteiger partial charge < -0.3 is 25.8 Å². The van der Waals surface area contributed by atoms with Gasteiger partial charge in [0.2, 0.25) is 15.9 Å². The van der Waals surface area contributed by atoms with Gasteiger partial charge in [-0.15, -0.1) is 0 Å². The van der Waals surface area contributed by atoms with Gasteiger partial charge in [-0.2, -0.15) is 0 Å². The molecular formula is C22H30N4O6S. The summed E-state index contributed by atoms with van der Waals surface area (Å²) >= 11 is 0. The smallest absolute Gasteiger partial charge is 0.251 e. The Morgan fingerprint density at radius 1 is 1.06 bits per heavy atom. The molecular weight excluding hydrogens is 448 g/mol. The van der Waals surface area contributed by atoms with Gasteiger partial charge in [-0.3, -0.25) is 9.59 Å². The number of phenols is 1.